The van der Waals surface area contributed by atoms with Gasteiger partial charge in [0.15, 0.2) is 6.29 Å². The van der Waals surface area contributed by atoms with Gasteiger partial charge in [0.25, 0.3) is 0 Å². The Morgan fingerprint density at radius 1 is 0.413 bits per heavy atom. The molecule has 8 N–H and O–H groups in total. The highest BCUT2D eigenvalue weighted by atomic mass is 16.7. The third kappa shape index (κ3) is 41.7. The normalized spacial score (nSPS) is 19.6. The molecule has 448 valence electrons. The summed E-state index contributed by atoms with van der Waals surface area (Å²) in [4.78, 5) is 13.2. The number of hydrogen-bond donors (Lipinski definition) is 8. The molecule has 1 fully saturated rings. The van der Waals surface area contributed by atoms with Crippen LogP contribution in [0.4, 0.5) is 0 Å². The van der Waals surface area contributed by atoms with Crippen LogP contribution in [0.15, 0.2) is 0 Å². The predicted octanol–water partition coefficient (Wildman–Crippen LogP) is 14.9. The van der Waals surface area contributed by atoms with Crippen LogP contribution in [0.5, 0.6) is 0 Å². The van der Waals surface area contributed by atoms with E-state index in [1.807, 2.05) is 0 Å². The van der Waals surface area contributed by atoms with Crippen LogP contribution in [0.3, 0.4) is 0 Å². The Morgan fingerprint density at radius 2 is 0.693 bits per heavy atom. The lowest BCUT2D eigenvalue weighted by atomic mass is 9.98. The second kappa shape index (κ2) is 53.7. The zero-order valence-corrected chi connectivity index (χ0v) is 49.3. The van der Waals surface area contributed by atoms with Crippen molar-refractivity contribution in [3.05, 3.63) is 0 Å². The quantitative estimate of drug-likeness (QED) is 0.0272. The molecule has 1 saturated heterocycles. The van der Waals surface area contributed by atoms with Crippen molar-refractivity contribution in [3.8, 4) is 0 Å². The van der Waals surface area contributed by atoms with Crippen molar-refractivity contribution in [2.24, 2.45) is 0 Å². The number of carbonyl (C=O) groups excluding carboxylic acids is 1. The summed E-state index contributed by atoms with van der Waals surface area (Å²) in [7, 11) is 0. The molecular formula is C64H127NO10. The standard InChI is InChI=1S/C64H127NO10/c1-3-5-7-9-11-13-15-17-19-21-23-24-25-26-27-28-29-30-31-32-33-34-36-38-40-42-44-46-48-50-52-57(68)63(73)65-55(54-74-64-62(72)61(71)60(70)58(53-66)75-64)59(69)56(67)51-49-47-45-43-41-39-37-35-22-20-18-16-14-12-10-8-6-4-2/h55-62,64,66-72H,3-54H2,1-2H3,(H,65,73). The van der Waals surface area contributed by atoms with Crippen LogP contribution in [-0.4, -0.2) is 110 Å². The third-order valence-corrected chi connectivity index (χ3v) is 16.4. The zero-order chi connectivity index (χ0) is 54.7. The number of hydrogen-bond acceptors (Lipinski definition) is 10. The molecule has 75 heavy (non-hydrogen) atoms. The smallest absolute Gasteiger partial charge is 0.249 e. The maximum atomic E-state index is 13.2. The van der Waals surface area contributed by atoms with Gasteiger partial charge < -0.3 is 50.5 Å². The Balaban J connectivity index is 2.19. The molecule has 0 radical (unpaired) electrons. The summed E-state index contributed by atoms with van der Waals surface area (Å²) in [5, 5.41) is 76.4. The van der Waals surface area contributed by atoms with Crippen LogP contribution in [0, 0.1) is 0 Å². The minimum atomic E-state index is -1.66. The molecule has 11 heteroatoms. The summed E-state index contributed by atoms with van der Waals surface area (Å²) in [6.07, 6.45) is 51.8. The first-order chi connectivity index (χ1) is 36.7. The Kier molecular flexibility index (Phi) is 51.7. The molecule has 0 bridgehead atoms. The van der Waals surface area contributed by atoms with Crippen LogP contribution in [-0.2, 0) is 14.3 Å². The van der Waals surface area contributed by atoms with Gasteiger partial charge in [0, 0.05) is 0 Å². The van der Waals surface area contributed by atoms with Crippen LogP contribution in [0.2, 0.25) is 0 Å². The summed E-state index contributed by atoms with van der Waals surface area (Å²) in [6.45, 7) is 3.51. The van der Waals surface area contributed by atoms with E-state index >= 15 is 0 Å². The van der Waals surface area contributed by atoms with Gasteiger partial charge in [-0.15, -0.1) is 0 Å². The van der Waals surface area contributed by atoms with Crippen molar-refractivity contribution in [1.82, 2.24) is 5.32 Å². The molecule has 0 spiro atoms. The van der Waals surface area contributed by atoms with Crippen molar-refractivity contribution < 1.29 is 50.0 Å². The lowest BCUT2D eigenvalue weighted by Crippen LogP contribution is -2.60. The number of aliphatic hydroxyl groups excluding tert-OH is 7. The van der Waals surface area contributed by atoms with Gasteiger partial charge in [-0.3, -0.25) is 4.79 Å². The second-order valence-electron chi connectivity index (χ2n) is 23.6. The first-order valence-electron chi connectivity index (χ1n) is 32.9. The largest absolute Gasteiger partial charge is 0.394 e. The van der Waals surface area contributed by atoms with Gasteiger partial charge in [0.05, 0.1) is 25.4 Å². The predicted molar refractivity (Wildman–Crippen MR) is 312 cm³/mol. The molecule has 9 unspecified atom stereocenters. The SMILES string of the molecule is CCCCCCCCCCCCCCCCCCCCCCCCCCCCCCCCC(O)C(=O)NC(COC1OC(CO)C(O)C(O)C1O)C(O)C(O)CCCCCCCCCCCCCCCCCCCC. The Morgan fingerprint density at radius 3 is 0.987 bits per heavy atom. The fourth-order valence-corrected chi connectivity index (χ4v) is 11.1. The molecule has 0 aliphatic carbocycles. The molecule has 1 aliphatic heterocycles. The number of ether oxygens (including phenoxy) is 2. The number of rotatable bonds is 58. The van der Waals surface area contributed by atoms with Gasteiger partial charge >= 0.3 is 0 Å². The topological polar surface area (TPSA) is 189 Å². The summed E-state index contributed by atoms with van der Waals surface area (Å²) < 4.78 is 11.2. The Labute approximate surface area is 462 Å². The van der Waals surface area contributed by atoms with Crippen LogP contribution in [0.25, 0.3) is 0 Å². The van der Waals surface area contributed by atoms with Gasteiger partial charge in [-0.2, -0.15) is 0 Å². The molecule has 1 rings (SSSR count). The average molecular weight is 1070 g/mol. The molecule has 0 aromatic heterocycles. The van der Waals surface area contributed by atoms with Gasteiger partial charge in [0.2, 0.25) is 5.91 Å². The second-order valence-corrected chi connectivity index (χ2v) is 23.6. The van der Waals surface area contributed by atoms with Crippen molar-refractivity contribution in [3.63, 3.8) is 0 Å². The molecule has 9 atom stereocenters. The highest BCUT2D eigenvalue weighted by Gasteiger charge is 2.44. The fourth-order valence-electron chi connectivity index (χ4n) is 11.1. The minimum absolute atomic E-state index is 0.267. The summed E-state index contributed by atoms with van der Waals surface area (Å²) in [5.74, 6) is -0.688. The lowest BCUT2D eigenvalue weighted by molar-refractivity contribution is -0.303. The average Bonchev–Trinajstić information content (AvgIpc) is 3.41. The van der Waals surface area contributed by atoms with E-state index in [-0.39, 0.29) is 6.42 Å². The van der Waals surface area contributed by atoms with E-state index in [0.29, 0.717) is 19.3 Å². The molecule has 0 aromatic rings. The van der Waals surface area contributed by atoms with E-state index < -0.39 is 74.2 Å². The van der Waals surface area contributed by atoms with E-state index in [9.17, 15) is 40.5 Å². The minimum Gasteiger partial charge on any atom is -0.394 e. The lowest BCUT2D eigenvalue weighted by Gasteiger charge is -2.40. The molecule has 1 amide bonds. The molecule has 0 saturated carbocycles. The van der Waals surface area contributed by atoms with Crippen molar-refractivity contribution in [2.75, 3.05) is 13.2 Å². The van der Waals surface area contributed by atoms with Crippen LogP contribution in [0.1, 0.15) is 335 Å². The highest BCUT2D eigenvalue weighted by molar-refractivity contribution is 5.80. The van der Waals surface area contributed by atoms with Crippen molar-refractivity contribution >= 4 is 5.91 Å². The maximum absolute atomic E-state index is 13.2. The number of carbonyl (C=O) groups is 1. The summed E-state index contributed by atoms with van der Waals surface area (Å²) in [6, 6.07) is -1.16. The van der Waals surface area contributed by atoms with Gasteiger partial charge in [-0.05, 0) is 12.8 Å². The van der Waals surface area contributed by atoms with Gasteiger partial charge in [-0.25, -0.2) is 0 Å². The highest BCUT2D eigenvalue weighted by Crippen LogP contribution is 2.24. The van der Waals surface area contributed by atoms with E-state index in [2.05, 4.69) is 19.2 Å². The van der Waals surface area contributed by atoms with Crippen LogP contribution >= 0.6 is 0 Å². The van der Waals surface area contributed by atoms with Crippen molar-refractivity contribution in [2.45, 2.75) is 390 Å². The van der Waals surface area contributed by atoms with Crippen LogP contribution < -0.4 is 5.32 Å². The fraction of sp³-hybridized carbons (Fsp3) is 0.984. The molecule has 0 aromatic carbocycles. The Hall–Kier alpha value is -0.890. The summed E-state index contributed by atoms with van der Waals surface area (Å²) in [5.41, 5.74) is 0. The van der Waals surface area contributed by atoms with E-state index in [1.165, 1.54) is 257 Å². The molecular weight excluding hydrogens is 943 g/mol. The number of nitrogens with one attached hydrogen (secondary N) is 1. The molecule has 11 nitrogen and oxygen atoms in total. The Bertz CT molecular complexity index is 1180. The molecule has 1 heterocycles. The van der Waals surface area contributed by atoms with Gasteiger partial charge in [-0.1, -0.05) is 322 Å². The van der Waals surface area contributed by atoms with Gasteiger partial charge in [0.1, 0.15) is 36.6 Å². The maximum Gasteiger partial charge on any atom is 0.249 e. The molecule has 1 aliphatic rings. The monoisotopic (exact) mass is 1070 g/mol. The van der Waals surface area contributed by atoms with E-state index in [1.54, 1.807) is 0 Å². The van der Waals surface area contributed by atoms with E-state index in [0.717, 1.165) is 38.5 Å². The first kappa shape index (κ1) is 72.1. The third-order valence-electron chi connectivity index (χ3n) is 16.4. The number of unbranched alkanes of at least 4 members (excludes halogenated alkanes) is 46. The van der Waals surface area contributed by atoms with Crippen molar-refractivity contribution in [1.29, 1.82) is 0 Å². The summed E-state index contributed by atoms with van der Waals surface area (Å²) >= 11 is 0. The number of aliphatic hydroxyl groups is 7. The van der Waals surface area contributed by atoms with E-state index in [4.69, 9.17) is 9.47 Å². The first-order valence-corrected chi connectivity index (χ1v) is 32.9. The zero-order valence-electron chi connectivity index (χ0n) is 49.3. The number of amides is 1.